The zero-order valence-electron chi connectivity index (χ0n) is 14.5. The summed E-state index contributed by atoms with van der Waals surface area (Å²) in [6, 6.07) is 13.7. The number of benzene rings is 2. The van der Waals surface area contributed by atoms with Crippen LogP contribution in [0.4, 0.5) is 4.39 Å². The Morgan fingerprint density at radius 3 is 2.30 bits per heavy atom. The van der Waals surface area contributed by atoms with Gasteiger partial charge in [-0.25, -0.2) is 4.39 Å². The Labute approximate surface area is 161 Å². The van der Waals surface area contributed by atoms with E-state index < -0.39 is 23.5 Å². The average Bonchev–Trinajstić information content (AvgIpc) is 2.64. The monoisotopic (exact) mass is 388 g/mol. The van der Waals surface area contributed by atoms with Gasteiger partial charge in [0.25, 0.3) is 0 Å². The lowest BCUT2D eigenvalue weighted by Crippen LogP contribution is -2.56. The van der Waals surface area contributed by atoms with Gasteiger partial charge < -0.3 is 4.90 Å². The lowest BCUT2D eigenvalue weighted by Gasteiger charge is -2.32. The number of nitrogens with zero attached hydrogens (tertiary/aromatic N) is 2. The molecule has 3 rings (SSSR count). The fourth-order valence-corrected chi connectivity index (χ4v) is 3.20. The molecule has 27 heavy (non-hydrogen) atoms. The number of amides is 3. The molecule has 2 aromatic carbocycles. The van der Waals surface area contributed by atoms with E-state index in [0.717, 1.165) is 10.5 Å². The highest BCUT2D eigenvalue weighted by Crippen LogP contribution is 2.20. The van der Waals surface area contributed by atoms with Crippen molar-refractivity contribution in [3.8, 4) is 0 Å². The van der Waals surface area contributed by atoms with Crippen molar-refractivity contribution in [2.75, 3.05) is 19.6 Å². The quantitative estimate of drug-likeness (QED) is 0.739. The van der Waals surface area contributed by atoms with Crippen molar-refractivity contribution in [2.45, 2.75) is 12.8 Å². The van der Waals surface area contributed by atoms with Crippen LogP contribution in [0.1, 0.15) is 11.1 Å². The van der Waals surface area contributed by atoms with Gasteiger partial charge in [-0.3, -0.25) is 19.3 Å². The molecule has 7 heteroatoms. The minimum atomic E-state index is -0.588. The molecule has 3 amide bonds. The van der Waals surface area contributed by atoms with Crippen LogP contribution in [0.5, 0.6) is 0 Å². The molecule has 0 radical (unpaired) electrons. The number of halogens is 2. The zero-order valence-corrected chi connectivity index (χ0v) is 15.3. The van der Waals surface area contributed by atoms with Crippen LogP contribution >= 0.6 is 11.6 Å². The van der Waals surface area contributed by atoms with Crippen LogP contribution in [0.3, 0.4) is 0 Å². The topological polar surface area (TPSA) is 57.7 Å². The Kier molecular flexibility index (Phi) is 5.86. The Balaban J connectivity index is 1.61. The Morgan fingerprint density at radius 1 is 1.00 bits per heavy atom. The Morgan fingerprint density at radius 2 is 1.67 bits per heavy atom. The standard InChI is InChI=1S/C20H18ClFN2O3/c21-16-7-4-8-17(22)15(16)11-18(25)23-12-19(26)24(20(27)13-23)10-9-14-5-2-1-3-6-14/h1-8H,9-13H2. The first-order chi connectivity index (χ1) is 13.0. The van der Waals surface area contributed by atoms with E-state index in [1.54, 1.807) is 0 Å². The summed E-state index contributed by atoms with van der Waals surface area (Å²) in [6.07, 6.45) is 0.257. The number of carbonyl (C=O) groups excluding carboxylic acids is 3. The maximum atomic E-state index is 13.9. The summed E-state index contributed by atoms with van der Waals surface area (Å²) in [5.41, 5.74) is 1.08. The second kappa shape index (κ2) is 8.31. The zero-order chi connectivity index (χ0) is 19.4. The number of imide groups is 1. The van der Waals surface area contributed by atoms with E-state index in [0.29, 0.717) is 6.42 Å². The smallest absolute Gasteiger partial charge is 0.248 e. The molecule has 0 saturated carbocycles. The van der Waals surface area contributed by atoms with Crippen LogP contribution in [-0.2, 0) is 27.2 Å². The van der Waals surface area contributed by atoms with E-state index in [1.165, 1.54) is 23.1 Å². The predicted molar refractivity (Wildman–Crippen MR) is 98.6 cm³/mol. The maximum Gasteiger partial charge on any atom is 0.248 e. The fourth-order valence-electron chi connectivity index (χ4n) is 2.97. The molecule has 5 nitrogen and oxygen atoms in total. The molecule has 0 bridgehead atoms. The van der Waals surface area contributed by atoms with Crippen LogP contribution in [0, 0.1) is 5.82 Å². The number of rotatable bonds is 5. The normalized spacial score (nSPS) is 14.6. The fraction of sp³-hybridized carbons (Fsp3) is 0.250. The SMILES string of the molecule is O=C(Cc1c(F)cccc1Cl)N1CC(=O)N(CCc2ccccc2)C(=O)C1. The number of piperazine rings is 1. The molecule has 0 aromatic heterocycles. The van der Waals surface area contributed by atoms with E-state index in [1.807, 2.05) is 30.3 Å². The summed E-state index contributed by atoms with van der Waals surface area (Å²) < 4.78 is 13.9. The summed E-state index contributed by atoms with van der Waals surface area (Å²) in [7, 11) is 0. The van der Waals surface area contributed by atoms with Gasteiger partial charge in [0.05, 0.1) is 6.42 Å². The lowest BCUT2D eigenvalue weighted by molar-refractivity contribution is -0.156. The molecule has 1 saturated heterocycles. The molecule has 1 fully saturated rings. The van der Waals surface area contributed by atoms with Crippen LogP contribution in [0.15, 0.2) is 48.5 Å². The molecule has 0 atom stereocenters. The first kappa shape index (κ1) is 19.0. The number of hydrogen-bond acceptors (Lipinski definition) is 3. The molecule has 2 aromatic rings. The van der Waals surface area contributed by atoms with Crippen molar-refractivity contribution in [3.05, 3.63) is 70.5 Å². The van der Waals surface area contributed by atoms with Crippen LogP contribution in [0.25, 0.3) is 0 Å². The van der Waals surface area contributed by atoms with Crippen molar-refractivity contribution in [2.24, 2.45) is 0 Å². The molecular formula is C20H18ClFN2O3. The summed E-state index contributed by atoms with van der Waals surface area (Å²) in [5, 5.41) is 0.141. The molecule has 1 heterocycles. The Hall–Kier alpha value is -2.73. The largest absolute Gasteiger partial charge is 0.324 e. The summed E-state index contributed by atoms with van der Waals surface area (Å²) in [4.78, 5) is 39.4. The van der Waals surface area contributed by atoms with Crippen LogP contribution in [0.2, 0.25) is 5.02 Å². The van der Waals surface area contributed by atoms with Crippen LogP contribution in [-0.4, -0.2) is 47.2 Å². The molecule has 0 N–H and O–H groups in total. The number of carbonyl (C=O) groups is 3. The molecule has 1 aliphatic rings. The van der Waals surface area contributed by atoms with Crippen molar-refractivity contribution < 1.29 is 18.8 Å². The molecule has 0 spiro atoms. The Bertz CT molecular complexity index is 835. The van der Waals surface area contributed by atoms with Gasteiger partial charge in [-0.1, -0.05) is 48.0 Å². The van der Waals surface area contributed by atoms with E-state index in [4.69, 9.17) is 11.6 Å². The second-order valence-electron chi connectivity index (χ2n) is 6.30. The van der Waals surface area contributed by atoms with E-state index in [-0.39, 0.29) is 36.6 Å². The van der Waals surface area contributed by atoms with Gasteiger partial charge in [0.15, 0.2) is 0 Å². The highest BCUT2D eigenvalue weighted by atomic mass is 35.5. The summed E-state index contributed by atoms with van der Waals surface area (Å²) >= 11 is 5.94. The van der Waals surface area contributed by atoms with Gasteiger partial charge in [-0.2, -0.15) is 0 Å². The van der Waals surface area contributed by atoms with Gasteiger partial charge in [-0.05, 0) is 24.1 Å². The highest BCUT2D eigenvalue weighted by molar-refractivity contribution is 6.31. The second-order valence-corrected chi connectivity index (χ2v) is 6.71. The van der Waals surface area contributed by atoms with Gasteiger partial charge in [0, 0.05) is 17.1 Å². The van der Waals surface area contributed by atoms with E-state index in [2.05, 4.69) is 0 Å². The molecular weight excluding hydrogens is 371 g/mol. The first-order valence-corrected chi connectivity index (χ1v) is 8.91. The molecule has 0 aliphatic carbocycles. The predicted octanol–water partition coefficient (Wildman–Crippen LogP) is 2.46. The van der Waals surface area contributed by atoms with Gasteiger partial charge in [0.2, 0.25) is 17.7 Å². The van der Waals surface area contributed by atoms with Gasteiger partial charge >= 0.3 is 0 Å². The minimum Gasteiger partial charge on any atom is -0.324 e. The molecule has 0 unspecified atom stereocenters. The van der Waals surface area contributed by atoms with E-state index >= 15 is 0 Å². The van der Waals surface area contributed by atoms with Crippen molar-refractivity contribution >= 4 is 29.3 Å². The third kappa shape index (κ3) is 4.52. The first-order valence-electron chi connectivity index (χ1n) is 8.53. The van der Waals surface area contributed by atoms with Crippen molar-refractivity contribution in [1.82, 2.24) is 9.80 Å². The van der Waals surface area contributed by atoms with Gasteiger partial charge in [-0.15, -0.1) is 0 Å². The van der Waals surface area contributed by atoms with E-state index in [9.17, 15) is 18.8 Å². The molecule has 140 valence electrons. The lowest BCUT2D eigenvalue weighted by atomic mass is 10.1. The number of hydrogen-bond donors (Lipinski definition) is 0. The van der Waals surface area contributed by atoms with Crippen molar-refractivity contribution in [1.29, 1.82) is 0 Å². The van der Waals surface area contributed by atoms with Gasteiger partial charge in [0.1, 0.15) is 18.9 Å². The summed E-state index contributed by atoms with van der Waals surface area (Å²) in [6.45, 7) is -0.139. The highest BCUT2D eigenvalue weighted by Gasteiger charge is 2.33. The third-order valence-electron chi connectivity index (χ3n) is 4.46. The summed E-state index contributed by atoms with van der Waals surface area (Å²) in [5.74, 6) is -1.97. The van der Waals surface area contributed by atoms with Crippen molar-refractivity contribution in [3.63, 3.8) is 0 Å². The maximum absolute atomic E-state index is 13.9. The minimum absolute atomic E-state index is 0.0653. The third-order valence-corrected chi connectivity index (χ3v) is 4.82. The van der Waals surface area contributed by atoms with Crippen LogP contribution < -0.4 is 0 Å². The average molecular weight is 389 g/mol. The molecule has 1 aliphatic heterocycles.